The molecule has 7 heteroatoms. The molecule has 0 radical (unpaired) electrons. The molecule has 0 amide bonds. The molecule has 0 N–H and O–H groups in total. The van der Waals surface area contributed by atoms with Crippen LogP contribution in [0.25, 0.3) is 10.2 Å². The lowest BCUT2D eigenvalue weighted by Crippen LogP contribution is -2.57. The molecule has 0 spiro atoms. The van der Waals surface area contributed by atoms with Gasteiger partial charge in [-0.05, 0) is 49.4 Å². The molecule has 0 aliphatic carbocycles. The van der Waals surface area contributed by atoms with Crippen molar-refractivity contribution in [3.8, 4) is 0 Å². The number of rotatable bonds is 3. The normalized spacial score (nSPS) is 28.5. The van der Waals surface area contributed by atoms with Gasteiger partial charge in [-0.25, -0.2) is 8.42 Å². The number of likely N-dealkylation sites (N-methyl/N-ethyl adjacent to an activating group) is 1. The number of aromatic nitrogens is 1. The number of piperidine rings is 3. The summed E-state index contributed by atoms with van der Waals surface area (Å²) in [5.74, 6) is 0.489. The van der Waals surface area contributed by atoms with Crippen LogP contribution in [0, 0.1) is 5.92 Å². The van der Waals surface area contributed by atoms with Gasteiger partial charge in [0.05, 0.1) is 10.2 Å². The number of sulfonamides is 1. The van der Waals surface area contributed by atoms with Gasteiger partial charge < -0.3 is 4.90 Å². The lowest BCUT2D eigenvalue weighted by Gasteiger charge is -2.47. The number of hydrogen-bond acceptors (Lipinski definition) is 5. The molecule has 1 atom stereocenters. The minimum atomic E-state index is -3.48. The highest BCUT2D eigenvalue weighted by molar-refractivity contribution is 7.89. The second-order valence-electron chi connectivity index (χ2n) is 6.20. The average molecular weight is 337 g/mol. The van der Waals surface area contributed by atoms with Crippen molar-refractivity contribution in [3.63, 3.8) is 0 Å². The van der Waals surface area contributed by atoms with Gasteiger partial charge >= 0.3 is 0 Å². The Hall–Kier alpha value is -1.02. The summed E-state index contributed by atoms with van der Waals surface area (Å²) in [4.78, 5) is 6.96. The predicted molar refractivity (Wildman–Crippen MR) is 87.5 cm³/mol. The van der Waals surface area contributed by atoms with Crippen molar-refractivity contribution in [2.24, 2.45) is 5.92 Å². The molecule has 118 valence electrons. The smallest absolute Gasteiger partial charge is 0.244 e. The molecule has 5 heterocycles. The molecule has 0 aromatic carbocycles. The van der Waals surface area contributed by atoms with Gasteiger partial charge in [-0.15, -0.1) is 11.3 Å². The molecular formula is C15H19N3O2S2. The molecule has 22 heavy (non-hydrogen) atoms. The first kappa shape index (κ1) is 14.6. The average Bonchev–Trinajstić information content (AvgIpc) is 3.02. The van der Waals surface area contributed by atoms with Crippen molar-refractivity contribution in [3.05, 3.63) is 23.7 Å². The fourth-order valence-corrected chi connectivity index (χ4v) is 5.90. The summed E-state index contributed by atoms with van der Waals surface area (Å²) in [7, 11) is -1.76. The largest absolute Gasteiger partial charge is 0.302 e. The molecular weight excluding hydrogens is 318 g/mol. The Kier molecular flexibility index (Phi) is 3.48. The van der Waals surface area contributed by atoms with Crippen molar-refractivity contribution in [1.29, 1.82) is 0 Å². The van der Waals surface area contributed by atoms with E-state index in [0.717, 1.165) is 42.7 Å². The standard InChI is InChI=1S/C15H19N3O2S2/c1-17(14-10-18-5-2-11(14)3-6-18)22(19,20)12-8-15-13(16-9-12)4-7-21-15/h4,7-9,11,14H,2-3,5-6,10H2,1H3/t14-/m0/s1. The van der Waals surface area contributed by atoms with Gasteiger partial charge in [-0.1, -0.05) is 0 Å². The molecule has 3 fully saturated rings. The zero-order valence-corrected chi connectivity index (χ0v) is 14.1. The summed E-state index contributed by atoms with van der Waals surface area (Å²) >= 11 is 1.52. The van der Waals surface area contributed by atoms with E-state index in [9.17, 15) is 8.42 Å². The highest BCUT2D eigenvalue weighted by Crippen LogP contribution is 2.33. The van der Waals surface area contributed by atoms with E-state index in [0.29, 0.717) is 10.8 Å². The molecule has 3 saturated heterocycles. The molecule has 0 unspecified atom stereocenters. The third kappa shape index (κ3) is 2.27. The Labute approximate surface area is 134 Å². The van der Waals surface area contributed by atoms with Crippen LogP contribution >= 0.6 is 11.3 Å². The molecule has 2 aromatic heterocycles. The van der Waals surface area contributed by atoms with Crippen LogP contribution in [0.3, 0.4) is 0 Å². The van der Waals surface area contributed by atoms with Crippen molar-refractivity contribution < 1.29 is 8.42 Å². The molecule has 3 aliphatic rings. The van der Waals surface area contributed by atoms with E-state index in [1.165, 1.54) is 17.5 Å². The Morgan fingerprint density at radius 1 is 1.36 bits per heavy atom. The second kappa shape index (κ2) is 5.26. The lowest BCUT2D eigenvalue weighted by atomic mass is 9.84. The van der Waals surface area contributed by atoms with E-state index < -0.39 is 10.0 Å². The summed E-state index contributed by atoms with van der Waals surface area (Å²) in [6.07, 6.45) is 3.70. The van der Waals surface area contributed by atoms with Gasteiger partial charge in [0.2, 0.25) is 10.0 Å². The molecule has 2 aromatic rings. The predicted octanol–water partition coefficient (Wildman–Crippen LogP) is 2.01. The third-order valence-corrected chi connectivity index (χ3v) is 7.74. The topological polar surface area (TPSA) is 53.5 Å². The van der Waals surface area contributed by atoms with Crippen LogP contribution < -0.4 is 0 Å². The Morgan fingerprint density at radius 2 is 2.14 bits per heavy atom. The molecule has 2 bridgehead atoms. The third-order valence-electron chi connectivity index (χ3n) is 5.04. The van der Waals surface area contributed by atoms with E-state index in [1.54, 1.807) is 17.4 Å². The first-order valence-electron chi connectivity index (χ1n) is 7.59. The first-order valence-corrected chi connectivity index (χ1v) is 9.91. The minimum absolute atomic E-state index is 0.0894. The van der Waals surface area contributed by atoms with E-state index in [4.69, 9.17) is 0 Å². The number of pyridine rings is 1. The zero-order chi connectivity index (χ0) is 15.3. The summed E-state index contributed by atoms with van der Waals surface area (Å²) < 4.78 is 28.4. The second-order valence-corrected chi connectivity index (χ2v) is 9.15. The Bertz CT molecular complexity index is 794. The van der Waals surface area contributed by atoms with Gasteiger partial charge in [0.15, 0.2) is 0 Å². The maximum absolute atomic E-state index is 12.9. The van der Waals surface area contributed by atoms with E-state index in [1.807, 2.05) is 11.4 Å². The lowest BCUT2D eigenvalue weighted by molar-refractivity contribution is 0.0465. The minimum Gasteiger partial charge on any atom is -0.302 e. The number of fused-ring (bicyclic) bond motifs is 4. The van der Waals surface area contributed by atoms with Crippen LogP contribution in [0.5, 0.6) is 0 Å². The summed E-state index contributed by atoms with van der Waals surface area (Å²) in [5.41, 5.74) is 0.856. The van der Waals surface area contributed by atoms with Gasteiger partial charge in [-0.2, -0.15) is 4.31 Å². The van der Waals surface area contributed by atoms with E-state index in [-0.39, 0.29) is 6.04 Å². The fourth-order valence-electron chi connectivity index (χ4n) is 3.66. The highest BCUT2D eigenvalue weighted by atomic mass is 32.2. The molecule has 3 aliphatic heterocycles. The van der Waals surface area contributed by atoms with Crippen molar-refractivity contribution in [2.75, 3.05) is 26.7 Å². The summed E-state index contributed by atoms with van der Waals surface area (Å²) in [6, 6.07) is 3.75. The summed E-state index contributed by atoms with van der Waals surface area (Å²) in [5, 5.41) is 1.94. The van der Waals surface area contributed by atoms with Crippen LogP contribution in [-0.2, 0) is 10.0 Å². The monoisotopic (exact) mass is 337 g/mol. The number of nitrogens with zero attached hydrogens (tertiary/aromatic N) is 3. The maximum Gasteiger partial charge on any atom is 0.244 e. The Balaban J connectivity index is 1.67. The first-order chi connectivity index (χ1) is 10.6. The van der Waals surface area contributed by atoms with Crippen LogP contribution in [0.2, 0.25) is 0 Å². The maximum atomic E-state index is 12.9. The summed E-state index contributed by atoms with van der Waals surface area (Å²) in [6.45, 7) is 3.07. The van der Waals surface area contributed by atoms with Crippen molar-refractivity contribution in [2.45, 2.75) is 23.8 Å². The van der Waals surface area contributed by atoms with Crippen LogP contribution in [0.4, 0.5) is 0 Å². The number of hydrogen-bond donors (Lipinski definition) is 0. The van der Waals surface area contributed by atoms with Gasteiger partial charge in [0.1, 0.15) is 4.90 Å². The zero-order valence-electron chi connectivity index (χ0n) is 12.5. The van der Waals surface area contributed by atoms with Crippen molar-refractivity contribution in [1.82, 2.24) is 14.2 Å². The van der Waals surface area contributed by atoms with Crippen molar-refractivity contribution >= 4 is 31.6 Å². The highest BCUT2D eigenvalue weighted by Gasteiger charge is 2.40. The Morgan fingerprint density at radius 3 is 2.82 bits per heavy atom. The SMILES string of the molecule is CN([C@H]1CN2CCC1CC2)S(=O)(=O)c1cnc2ccsc2c1. The van der Waals surface area contributed by atoms with Crippen LogP contribution in [-0.4, -0.2) is 55.3 Å². The van der Waals surface area contributed by atoms with Gasteiger partial charge in [0, 0.05) is 25.8 Å². The van der Waals surface area contributed by atoms with Gasteiger partial charge in [-0.3, -0.25) is 4.98 Å². The van der Waals surface area contributed by atoms with Gasteiger partial charge in [0.25, 0.3) is 0 Å². The van der Waals surface area contributed by atoms with Crippen LogP contribution in [0.1, 0.15) is 12.8 Å². The molecule has 5 rings (SSSR count). The quantitative estimate of drug-likeness (QED) is 0.860. The number of thiophene rings is 1. The van der Waals surface area contributed by atoms with E-state index in [2.05, 4.69) is 9.88 Å². The molecule has 0 saturated carbocycles. The van der Waals surface area contributed by atoms with E-state index >= 15 is 0 Å². The molecule has 5 nitrogen and oxygen atoms in total. The van der Waals surface area contributed by atoms with Crippen LogP contribution in [0.15, 0.2) is 28.6 Å². The fraction of sp³-hybridized carbons (Fsp3) is 0.533.